The first-order valence-corrected chi connectivity index (χ1v) is 7.81. The fourth-order valence-electron chi connectivity index (χ4n) is 3.70. The Morgan fingerprint density at radius 2 is 1.75 bits per heavy atom. The maximum atomic E-state index is 12.8. The Labute approximate surface area is 138 Å². The van der Waals surface area contributed by atoms with Crippen LogP contribution in [0.15, 0.2) is 24.3 Å². The Balaban J connectivity index is 1.99. The van der Waals surface area contributed by atoms with Gasteiger partial charge in [0.05, 0.1) is 16.7 Å². The van der Waals surface area contributed by atoms with E-state index in [4.69, 9.17) is 0 Å². The van der Waals surface area contributed by atoms with E-state index in [-0.39, 0.29) is 40.2 Å². The summed E-state index contributed by atoms with van der Waals surface area (Å²) in [5, 5.41) is 30.9. The minimum atomic E-state index is -0.948. The normalized spacial score (nSPS) is 21.9. The lowest BCUT2D eigenvalue weighted by molar-refractivity contribution is 0.0450. The van der Waals surface area contributed by atoms with E-state index in [1.54, 1.807) is 13.0 Å². The van der Waals surface area contributed by atoms with Crippen LogP contribution in [0.1, 0.15) is 56.3 Å². The minimum absolute atomic E-state index is 0.0165. The van der Waals surface area contributed by atoms with Gasteiger partial charge >= 0.3 is 0 Å². The number of aliphatic hydroxyl groups is 1. The van der Waals surface area contributed by atoms with Gasteiger partial charge in [-0.05, 0) is 37.5 Å². The van der Waals surface area contributed by atoms with Gasteiger partial charge in [0.2, 0.25) is 0 Å². The maximum absolute atomic E-state index is 12.8. The fourth-order valence-corrected chi connectivity index (χ4v) is 3.70. The molecule has 2 aromatic rings. The van der Waals surface area contributed by atoms with Crippen molar-refractivity contribution in [2.75, 3.05) is 0 Å². The first-order chi connectivity index (χ1) is 11.3. The Morgan fingerprint density at radius 1 is 1.04 bits per heavy atom. The molecule has 4 rings (SSSR count). The highest BCUT2D eigenvalue weighted by Gasteiger charge is 2.38. The summed E-state index contributed by atoms with van der Waals surface area (Å²) in [6, 6.07) is 5.94. The highest BCUT2D eigenvalue weighted by atomic mass is 16.3. The van der Waals surface area contributed by atoms with Crippen molar-refractivity contribution in [1.82, 2.24) is 0 Å². The SMILES string of the molecule is CC1(O)CCc2cc3c(c(O)c2C1)C(=O)c1cccc(O)c1C3=O. The third-order valence-corrected chi connectivity index (χ3v) is 4.97. The van der Waals surface area contributed by atoms with Gasteiger partial charge in [-0.15, -0.1) is 0 Å². The Hall–Kier alpha value is -2.66. The summed E-state index contributed by atoms with van der Waals surface area (Å²) < 4.78 is 0. The monoisotopic (exact) mass is 324 g/mol. The zero-order valence-corrected chi connectivity index (χ0v) is 13.1. The summed E-state index contributed by atoms with van der Waals surface area (Å²) in [4.78, 5) is 25.6. The molecule has 0 spiro atoms. The molecule has 0 radical (unpaired) electrons. The molecule has 0 fully saturated rings. The van der Waals surface area contributed by atoms with Crippen LogP contribution in [0.3, 0.4) is 0 Å². The van der Waals surface area contributed by atoms with E-state index in [1.807, 2.05) is 0 Å². The van der Waals surface area contributed by atoms with E-state index in [1.165, 1.54) is 18.2 Å². The van der Waals surface area contributed by atoms with Crippen LogP contribution in [-0.2, 0) is 12.8 Å². The van der Waals surface area contributed by atoms with Gasteiger partial charge in [0.15, 0.2) is 11.6 Å². The van der Waals surface area contributed by atoms with Crippen LogP contribution in [0, 0.1) is 0 Å². The molecule has 2 aliphatic carbocycles. The van der Waals surface area contributed by atoms with Crippen molar-refractivity contribution >= 4 is 11.6 Å². The number of hydrogen-bond acceptors (Lipinski definition) is 5. The van der Waals surface area contributed by atoms with Gasteiger partial charge < -0.3 is 15.3 Å². The second kappa shape index (κ2) is 4.68. The van der Waals surface area contributed by atoms with Crippen molar-refractivity contribution < 1.29 is 24.9 Å². The minimum Gasteiger partial charge on any atom is -0.507 e. The van der Waals surface area contributed by atoms with Crippen LogP contribution in [0.25, 0.3) is 0 Å². The molecule has 1 atom stereocenters. The number of rotatable bonds is 0. The zero-order chi connectivity index (χ0) is 17.2. The number of benzene rings is 2. The lowest BCUT2D eigenvalue weighted by Gasteiger charge is -2.32. The number of phenols is 2. The van der Waals surface area contributed by atoms with Gasteiger partial charge in [0.25, 0.3) is 0 Å². The van der Waals surface area contributed by atoms with Crippen LogP contribution in [0.5, 0.6) is 11.5 Å². The number of ketones is 2. The van der Waals surface area contributed by atoms with Crippen LogP contribution < -0.4 is 0 Å². The van der Waals surface area contributed by atoms with Crippen molar-refractivity contribution in [1.29, 1.82) is 0 Å². The predicted molar refractivity (Wildman–Crippen MR) is 85.7 cm³/mol. The zero-order valence-electron chi connectivity index (χ0n) is 13.1. The summed E-state index contributed by atoms with van der Waals surface area (Å²) in [5.41, 5.74) is 0.493. The first-order valence-electron chi connectivity index (χ1n) is 7.81. The molecule has 122 valence electrons. The average Bonchev–Trinajstić information content (AvgIpc) is 2.52. The number of carbonyl (C=O) groups excluding carboxylic acids is 2. The molecule has 2 aliphatic rings. The Bertz CT molecular complexity index is 924. The molecule has 3 N–H and O–H groups in total. The standard InChI is InChI=1S/C19H16O5/c1-19(24)6-5-9-7-11-15(18(23)12(9)8-19)16(21)10-3-2-4-13(20)14(10)17(11)22/h2-4,7,20,23-24H,5-6,8H2,1H3. The predicted octanol–water partition coefficient (Wildman–Crippen LogP) is 2.11. The van der Waals surface area contributed by atoms with Gasteiger partial charge in [-0.3, -0.25) is 9.59 Å². The van der Waals surface area contributed by atoms with Gasteiger partial charge in [-0.1, -0.05) is 12.1 Å². The highest BCUT2D eigenvalue weighted by molar-refractivity contribution is 6.30. The lowest BCUT2D eigenvalue weighted by atomic mass is 9.75. The van der Waals surface area contributed by atoms with Crippen molar-refractivity contribution in [2.24, 2.45) is 0 Å². The fraction of sp³-hybridized carbons (Fsp3) is 0.263. The van der Waals surface area contributed by atoms with Crippen LogP contribution >= 0.6 is 0 Å². The summed E-state index contributed by atoms with van der Waals surface area (Å²) in [7, 11) is 0. The Morgan fingerprint density at radius 3 is 2.50 bits per heavy atom. The number of fused-ring (bicyclic) bond motifs is 3. The van der Waals surface area contributed by atoms with E-state index in [2.05, 4.69) is 0 Å². The molecule has 0 amide bonds. The molecule has 24 heavy (non-hydrogen) atoms. The molecule has 1 unspecified atom stereocenters. The molecule has 0 saturated carbocycles. The quantitative estimate of drug-likeness (QED) is 0.589. The molecule has 0 heterocycles. The van der Waals surface area contributed by atoms with Crippen LogP contribution in [0.4, 0.5) is 0 Å². The van der Waals surface area contributed by atoms with Crippen LogP contribution in [-0.4, -0.2) is 32.5 Å². The van der Waals surface area contributed by atoms with E-state index in [0.29, 0.717) is 18.4 Å². The van der Waals surface area contributed by atoms with Crippen molar-refractivity contribution in [3.8, 4) is 11.5 Å². The van der Waals surface area contributed by atoms with E-state index < -0.39 is 17.2 Å². The molecule has 0 bridgehead atoms. The molecular weight excluding hydrogens is 308 g/mol. The van der Waals surface area contributed by atoms with Crippen molar-refractivity contribution in [2.45, 2.75) is 31.8 Å². The molecule has 0 aromatic heterocycles. The highest BCUT2D eigenvalue weighted by Crippen LogP contribution is 2.42. The molecule has 2 aromatic carbocycles. The third-order valence-electron chi connectivity index (χ3n) is 4.97. The van der Waals surface area contributed by atoms with E-state index in [0.717, 1.165) is 5.56 Å². The number of aryl methyl sites for hydroxylation is 1. The number of aromatic hydroxyl groups is 2. The van der Waals surface area contributed by atoms with Gasteiger partial charge in [0, 0.05) is 23.1 Å². The molecule has 0 aliphatic heterocycles. The van der Waals surface area contributed by atoms with Crippen molar-refractivity contribution in [3.63, 3.8) is 0 Å². The number of carbonyl (C=O) groups is 2. The summed E-state index contributed by atoms with van der Waals surface area (Å²) in [6.45, 7) is 1.69. The molecule has 0 saturated heterocycles. The summed E-state index contributed by atoms with van der Waals surface area (Å²) in [6.07, 6.45) is 1.26. The molecule has 5 nitrogen and oxygen atoms in total. The Kier molecular flexibility index (Phi) is 2.90. The number of phenolic OH excluding ortho intramolecular Hbond substituents is 2. The van der Waals surface area contributed by atoms with Gasteiger partial charge in [-0.25, -0.2) is 0 Å². The average molecular weight is 324 g/mol. The van der Waals surface area contributed by atoms with E-state index in [9.17, 15) is 24.9 Å². The van der Waals surface area contributed by atoms with Crippen LogP contribution in [0.2, 0.25) is 0 Å². The molecule has 5 heteroatoms. The third kappa shape index (κ3) is 1.91. The topological polar surface area (TPSA) is 94.8 Å². The second-order valence-electron chi connectivity index (χ2n) is 6.82. The molecular formula is C19H16O5. The first kappa shape index (κ1) is 14.9. The summed E-state index contributed by atoms with van der Waals surface area (Å²) >= 11 is 0. The second-order valence-corrected chi connectivity index (χ2v) is 6.82. The number of hydrogen-bond donors (Lipinski definition) is 3. The van der Waals surface area contributed by atoms with Gasteiger partial charge in [-0.2, -0.15) is 0 Å². The largest absolute Gasteiger partial charge is 0.507 e. The van der Waals surface area contributed by atoms with Crippen molar-refractivity contribution in [3.05, 3.63) is 57.6 Å². The lowest BCUT2D eigenvalue weighted by Crippen LogP contribution is -2.33. The van der Waals surface area contributed by atoms with Gasteiger partial charge in [0.1, 0.15) is 11.5 Å². The smallest absolute Gasteiger partial charge is 0.198 e. The maximum Gasteiger partial charge on any atom is 0.198 e. The van der Waals surface area contributed by atoms with E-state index >= 15 is 0 Å². The summed E-state index contributed by atoms with van der Waals surface area (Å²) in [5.74, 6) is -1.42.